The topological polar surface area (TPSA) is 83.7 Å². The average molecular weight is 294 g/mol. The first-order valence-corrected chi connectivity index (χ1v) is 5.40. The highest BCUT2D eigenvalue weighted by Gasteiger charge is 2.34. The summed E-state index contributed by atoms with van der Waals surface area (Å²) in [6, 6.07) is 1.36. The monoisotopic (exact) mass is 294 g/mol. The van der Waals surface area contributed by atoms with E-state index in [1.807, 2.05) is 0 Å². The Hall–Kier alpha value is -2.03. The van der Waals surface area contributed by atoms with Gasteiger partial charge in [-0.25, -0.2) is 4.98 Å². The summed E-state index contributed by atoms with van der Waals surface area (Å²) in [5, 5.41) is 0. The number of nitrogens with zero attached hydrogens (tertiary/aromatic N) is 1. The highest BCUT2D eigenvalue weighted by molar-refractivity contribution is 5.74. The van der Waals surface area contributed by atoms with E-state index in [4.69, 9.17) is 10.5 Å². The van der Waals surface area contributed by atoms with Crippen LogP contribution in [0.3, 0.4) is 0 Å². The standard InChI is InChI=1S/C11H13F3N2O4/c1-18-8(17)4-6-3-7(5-15)16-10(9(6)19-2)20-11(12,13)14/h3H,4-5,15H2,1-2H3. The minimum atomic E-state index is -4.93. The number of hydrogen-bond acceptors (Lipinski definition) is 6. The second-order valence-corrected chi connectivity index (χ2v) is 3.62. The number of pyridine rings is 1. The summed E-state index contributed by atoms with van der Waals surface area (Å²) in [6.07, 6.45) is -5.22. The fourth-order valence-corrected chi connectivity index (χ4v) is 1.48. The molecule has 112 valence electrons. The van der Waals surface area contributed by atoms with Gasteiger partial charge in [-0.1, -0.05) is 0 Å². The lowest BCUT2D eigenvalue weighted by Crippen LogP contribution is -2.20. The number of carbonyl (C=O) groups excluding carboxylic acids is 1. The van der Waals surface area contributed by atoms with Gasteiger partial charge >= 0.3 is 12.3 Å². The SMILES string of the molecule is COC(=O)Cc1cc(CN)nc(OC(F)(F)F)c1OC. The number of carbonyl (C=O) groups is 1. The van der Waals surface area contributed by atoms with Crippen LogP contribution in [0.1, 0.15) is 11.3 Å². The lowest BCUT2D eigenvalue weighted by atomic mass is 10.1. The Balaban J connectivity index is 3.27. The zero-order valence-electron chi connectivity index (χ0n) is 10.8. The van der Waals surface area contributed by atoms with Crippen LogP contribution in [0.25, 0.3) is 0 Å². The molecule has 0 aliphatic rings. The predicted molar refractivity (Wildman–Crippen MR) is 61.1 cm³/mol. The third-order valence-electron chi connectivity index (χ3n) is 2.26. The summed E-state index contributed by atoms with van der Waals surface area (Å²) < 4.78 is 50.0. The summed E-state index contributed by atoms with van der Waals surface area (Å²) in [5.74, 6) is -1.72. The molecule has 0 amide bonds. The van der Waals surface area contributed by atoms with Gasteiger partial charge in [-0.15, -0.1) is 13.2 Å². The lowest BCUT2D eigenvalue weighted by Gasteiger charge is -2.15. The van der Waals surface area contributed by atoms with Crippen LogP contribution in [-0.2, 0) is 22.5 Å². The van der Waals surface area contributed by atoms with Crippen LogP contribution in [0.4, 0.5) is 13.2 Å². The maximum Gasteiger partial charge on any atom is 0.574 e. The van der Waals surface area contributed by atoms with Gasteiger partial charge in [0.1, 0.15) is 0 Å². The van der Waals surface area contributed by atoms with Crippen LogP contribution >= 0.6 is 0 Å². The number of hydrogen-bond donors (Lipinski definition) is 1. The van der Waals surface area contributed by atoms with Gasteiger partial charge in [-0.2, -0.15) is 0 Å². The molecule has 2 N–H and O–H groups in total. The molecular weight excluding hydrogens is 281 g/mol. The van der Waals surface area contributed by atoms with Crippen molar-refractivity contribution in [1.82, 2.24) is 4.98 Å². The van der Waals surface area contributed by atoms with Gasteiger partial charge in [0, 0.05) is 12.1 Å². The zero-order chi connectivity index (χ0) is 15.3. The molecule has 0 spiro atoms. The Kier molecular flexibility index (Phi) is 5.14. The van der Waals surface area contributed by atoms with Crippen molar-refractivity contribution < 1.29 is 32.2 Å². The second kappa shape index (κ2) is 6.42. The van der Waals surface area contributed by atoms with E-state index in [0.717, 1.165) is 14.2 Å². The molecule has 1 aromatic rings. The van der Waals surface area contributed by atoms with Crippen molar-refractivity contribution in [3.05, 3.63) is 17.3 Å². The molecule has 20 heavy (non-hydrogen) atoms. The van der Waals surface area contributed by atoms with Gasteiger partial charge in [0.25, 0.3) is 5.88 Å². The van der Waals surface area contributed by atoms with Gasteiger partial charge in [-0.3, -0.25) is 4.79 Å². The number of methoxy groups -OCH3 is 2. The Bertz CT molecular complexity index is 491. The van der Waals surface area contributed by atoms with Crippen molar-refractivity contribution in [2.45, 2.75) is 19.3 Å². The smallest absolute Gasteiger partial charge is 0.491 e. The molecule has 1 heterocycles. The number of alkyl halides is 3. The summed E-state index contributed by atoms with van der Waals surface area (Å²) in [5.41, 5.74) is 5.63. The van der Waals surface area contributed by atoms with Crippen molar-refractivity contribution in [2.75, 3.05) is 14.2 Å². The number of halogens is 3. The molecule has 0 bridgehead atoms. The Labute approximate surface area is 112 Å². The molecule has 1 rings (SSSR count). The Morgan fingerprint density at radius 3 is 2.50 bits per heavy atom. The van der Waals surface area contributed by atoms with E-state index in [0.29, 0.717) is 0 Å². The van der Waals surface area contributed by atoms with Crippen molar-refractivity contribution >= 4 is 5.97 Å². The number of nitrogens with two attached hydrogens (primary N) is 1. The van der Waals surface area contributed by atoms with E-state index < -0.39 is 18.2 Å². The first-order chi connectivity index (χ1) is 9.30. The third kappa shape index (κ3) is 4.26. The summed E-state index contributed by atoms with van der Waals surface area (Å²) >= 11 is 0. The molecular formula is C11H13F3N2O4. The zero-order valence-corrected chi connectivity index (χ0v) is 10.8. The van der Waals surface area contributed by atoms with Gasteiger partial charge in [0.2, 0.25) is 0 Å². The van der Waals surface area contributed by atoms with E-state index >= 15 is 0 Å². The van der Waals surface area contributed by atoms with E-state index in [1.165, 1.54) is 6.07 Å². The number of aromatic nitrogens is 1. The summed E-state index contributed by atoms with van der Waals surface area (Å²) in [6.45, 7) is -0.119. The molecule has 0 fully saturated rings. The molecule has 0 aliphatic carbocycles. The van der Waals surface area contributed by atoms with Crippen LogP contribution in [0.5, 0.6) is 11.6 Å². The molecule has 0 unspecified atom stereocenters. The molecule has 0 atom stereocenters. The number of ether oxygens (including phenoxy) is 3. The third-order valence-corrected chi connectivity index (χ3v) is 2.26. The Morgan fingerprint density at radius 1 is 1.40 bits per heavy atom. The van der Waals surface area contributed by atoms with Crippen LogP contribution < -0.4 is 15.2 Å². The minimum Gasteiger partial charge on any atom is -0.491 e. The number of esters is 1. The quantitative estimate of drug-likeness (QED) is 0.820. The largest absolute Gasteiger partial charge is 0.574 e. The Morgan fingerprint density at radius 2 is 2.05 bits per heavy atom. The summed E-state index contributed by atoms with van der Waals surface area (Å²) in [7, 11) is 2.30. The van der Waals surface area contributed by atoms with Crippen molar-refractivity contribution in [2.24, 2.45) is 5.73 Å². The molecule has 1 aromatic heterocycles. The van der Waals surface area contributed by atoms with Gasteiger partial charge < -0.3 is 19.9 Å². The second-order valence-electron chi connectivity index (χ2n) is 3.62. The fraction of sp³-hybridized carbons (Fsp3) is 0.455. The van der Waals surface area contributed by atoms with Crippen LogP contribution in [-0.4, -0.2) is 31.5 Å². The van der Waals surface area contributed by atoms with Crippen LogP contribution in [0.2, 0.25) is 0 Å². The first kappa shape index (κ1) is 16.0. The maximum absolute atomic E-state index is 12.3. The normalized spacial score (nSPS) is 11.1. The first-order valence-electron chi connectivity index (χ1n) is 5.40. The van der Waals surface area contributed by atoms with E-state index in [-0.39, 0.29) is 30.0 Å². The molecule has 0 saturated carbocycles. The van der Waals surface area contributed by atoms with Crippen LogP contribution in [0, 0.1) is 0 Å². The van der Waals surface area contributed by atoms with Crippen molar-refractivity contribution in [1.29, 1.82) is 0 Å². The van der Waals surface area contributed by atoms with Gasteiger partial charge in [-0.05, 0) is 6.07 Å². The highest BCUT2D eigenvalue weighted by Crippen LogP contribution is 2.34. The van der Waals surface area contributed by atoms with E-state index in [2.05, 4.69) is 14.5 Å². The van der Waals surface area contributed by atoms with E-state index in [1.54, 1.807) is 0 Å². The molecule has 0 radical (unpaired) electrons. The van der Waals surface area contributed by atoms with E-state index in [9.17, 15) is 18.0 Å². The van der Waals surface area contributed by atoms with Crippen LogP contribution in [0.15, 0.2) is 6.07 Å². The molecule has 0 aliphatic heterocycles. The fourth-order valence-electron chi connectivity index (χ4n) is 1.48. The molecule has 0 saturated heterocycles. The summed E-state index contributed by atoms with van der Waals surface area (Å²) in [4.78, 5) is 14.8. The highest BCUT2D eigenvalue weighted by atomic mass is 19.4. The van der Waals surface area contributed by atoms with Gasteiger partial charge in [0.05, 0.1) is 26.3 Å². The van der Waals surface area contributed by atoms with Crippen molar-refractivity contribution in [3.8, 4) is 11.6 Å². The molecule has 9 heteroatoms. The predicted octanol–water partition coefficient (Wildman–Crippen LogP) is 1.16. The maximum atomic E-state index is 12.3. The minimum absolute atomic E-state index is 0.119. The average Bonchev–Trinajstić information content (AvgIpc) is 2.36. The molecule has 6 nitrogen and oxygen atoms in total. The van der Waals surface area contributed by atoms with Gasteiger partial charge in [0.15, 0.2) is 5.75 Å². The molecule has 0 aromatic carbocycles. The lowest BCUT2D eigenvalue weighted by molar-refractivity contribution is -0.276. The number of rotatable bonds is 5. The van der Waals surface area contributed by atoms with Crippen molar-refractivity contribution in [3.63, 3.8) is 0 Å².